The molecule has 0 saturated carbocycles. The van der Waals surface area contributed by atoms with Crippen molar-refractivity contribution in [3.8, 4) is 17.2 Å². The average Bonchev–Trinajstić information content (AvgIpc) is 2.97. The molecule has 1 aliphatic rings. The quantitative estimate of drug-likeness (QED) is 0.134. The van der Waals surface area contributed by atoms with Crippen LogP contribution in [-0.2, 0) is 22.6 Å². The SMILES string of the molecule is CCOP1(OCC)=NP(OCC)(OCC)=NP(OCC)(Oc2cccc(C)c2)=NP(Oc2cccc(C)c2)(Oc2cccc(C)c2)=N1. The highest BCUT2D eigenvalue weighted by atomic mass is 31.3. The van der Waals surface area contributed by atoms with Gasteiger partial charge in [-0.25, -0.2) is 0 Å². The molecular weight excluding hydrogens is 680 g/mol. The Morgan fingerprint density at radius 2 is 0.681 bits per heavy atom. The predicted octanol–water partition coefficient (Wildman–Crippen LogP) is 12.1. The van der Waals surface area contributed by atoms with E-state index < -0.39 is 30.6 Å². The second-order valence-corrected chi connectivity index (χ2v) is 18.8. The highest BCUT2D eigenvalue weighted by Crippen LogP contribution is 2.80. The fourth-order valence-electron chi connectivity index (χ4n) is 4.40. The van der Waals surface area contributed by atoms with Crippen LogP contribution in [0.25, 0.3) is 0 Å². The lowest BCUT2D eigenvalue weighted by Gasteiger charge is -2.32. The van der Waals surface area contributed by atoms with Gasteiger partial charge in [0.2, 0.25) is 0 Å². The summed E-state index contributed by atoms with van der Waals surface area (Å²) >= 11 is 0. The van der Waals surface area contributed by atoms with E-state index in [9.17, 15) is 0 Å². The molecule has 0 radical (unpaired) electrons. The van der Waals surface area contributed by atoms with Gasteiger partial charge in [-0.2, -0.15) is 0 Å². The predicted molar refractivity (Wildman–Crippen MR) is 191 cm³/mol. The molecule has 0 bridgehead atoms. The van der Waals surface area contributed by atoms with Gasteiger partial charge in [-0.15, -0.1) is 18.1 Å². The van der Waals surface area contributed by atoms with E-state index in [0.29, 0.717) is 17.2 Å². The molecule has 0 amide bonds. The summed E-state index contributed by atoms with van der Waals surface area (Å²) in [6.07, 6.45) is 0. The maximum absolute atomic E-state index is 6.80. The molecule has 0 spiro atoms. The maximum Gasteiger partial charge on any atom is 0.458 e. The Hall–Kier alpha value is -2.22. The summed E-state index contributed by atoms with van der Waals surface area (Å²) in [6, 6.07) is 22.6. The van der Waals surface area contributed by atoms with Crippen LogP contribution in [0.15, 0.2) is 90.9 Å². The van der Waals surface area contributed by atoms with E-state index in [4.69, 9.17) is 54.3 Å². The highest BCUT2D eigenvalue weighted by molar-refractivity contribution is 7.78. The molecule has 4 rings (SSSR count). The molecular formula is C31H46N4O8P4. The molecule has 0 saturated heterocycles. The van der Waals surface area contributed by atoms with Crippen LogP contribution in [0.4, 0.5) is 0 Å². The average molecular weight is 727 g/mol. The second-order valence-electron chi connectivity index (χ2n) is 10.1. The second kappa shape index (κ2) is 16.9. The third kappa shape index (κ3) is 10.1. The van der Waals surface area contributed by atoms with Gasteiger partial charge in [-0.3, -0.25) is 4.52 Å². The van der Waals surface area contributed by atoms with E-state index in [0.717, 1.165) is 16.7 Å². The first-order valence-electron chi connectivity index (χ1n) is 15.6. The van der Waals surface area contributed by atoms with E-state index in [-0.39, 0.29) is 33.0 Å². The van der Waals surface area contributed by atoms with Crippen LogP contribution in [-0.4, -0.2) is 33.0 Å². The molecule has 16 heteroatoms. The van der Waals surface area contributed by atoms with Crippen molar-refractivity contribution in [1.82, 2.24) is 0 Å². The zero-order chi connectivity index (χ0) is 34.0. The van der Waals surface area contributed by atoms with Crippen molar-refractivity contribution in [2.45, 2.75) is 55.4 Å². The third-order valence-corrected chi connectivity index (χ3v) is 17.6. The van der Waals surface area contributed by atoms with Crippen LogP contribution in [0, 0.1) is 20.8 Å². The van der Waals surface area contributed by atoms with E-state index in [2.05, 4.69) is 0 Å². The van der Waals surface area contributed by atoms with Crippen LogP contribution in [0.1, 0.15) is 51.3 Å². The number of benzene rings is 3. The minimum Gasteiger partial charge on any atom is -0.422 e. The van der Waals surface area contributed by atoms with E-state index in [1.54, 1.807) is 0 Å². The van der Waals surface area contributed by atoms with E-state index >= 15 is 0 Å². The smallest absolute Gasteiger partial charge is 0.422 e. The van der Waals surface area contributed by atoms with Crippen LogP contribution in [0.5, 0.6) is 17.2 Å². The zero-order valence-electron chi connectivity index (χ0n) is 28.3. The lowest BCUT2D eigenvalue weighted by molar-refractivity contribution is 0.246. The molecule has 0 aliphatic carbocycles. The third-order valence-electron chi connectivity index (χ3n) is 6.03. The lowest BCUT2D eigenvalue weighted by Crippen LogP contribution is -2.07. The van der Waals surface area contributed by atoms with Crippen LogP contribution in [0.3, 0.4) is 0 Å². The summed E-state index contributed by atoms with van der Waals surface area (Å²) in [5.74, 6) is 1.41. The summed E-state index contributed by atoms with van der Waals surface area (Å²) in [7, 11) is -15.1. The van der Waals surface area contributed by atoms with Crippen molar-refractivity contribution in [2.24, 2.45) is 18.1 Å². The van der Waals surface area contributed by atoms with Crippen LogP contribution >= 0.6 is 30.6 Å². The summed E-state index contributed by atoms with van der Waals surface area (Å²) in [4.78, 5) is 0. The Labute approximate surface area is 279 Å². The fraction of sp³-hybridized carbons (Fsp3) is 0.419. The number of rotatable bonds is 16. The summed E-state index contributed by atoms with van der Waals surface area (Å²) < 4.78 is 72.7. The largest absolute Gasteiger partial charge is 0.458 e. The summed E-state index contributed by atoms with van der Waals surface area (Å²) in [5.41, 5.74) is 2.90. The highest BCUT2D eigenvalue weighted by Gasteiger charge is 2.45. The van der Waals surface area contributed by atoms with Gasteiger partial charge in [0, 0.05) is 0 Å². The first-order chi connectivity index (χ1) is 22.5. The standard InChI is InChI=1S/C31H46N4O8P4/c1-9-36-44(37-10-2)32-45(38-11-3,39-12-4)34-47(42-30-21-15-18-27(7)24-30,43-31-22-16-19-28(8)25-31)35-46(33-44,40-13-5)41-29-20-14-17-26(6)23-29/h14-25H,9-13H2,1-8H3. The summed E-state index contributed by atoms with van der Waals surface area (Å²) in [6.45, 7) is 16.1. The Morgan fingerprint density at radius 3 is 1.02 bits per heavy atom. The van der Waals surface area contributed by atoms with E-state index in [1.807, 2.05) is 128 Å². The monoisotopic (exact) mass is 726 g/mol. The topological polar surface area (TPSA) is 123 Å². The van der Waals surface area contributed by atoms with Crippen molar-refractivity contribution < 1.29 is 36.2 Å². The Morgan fingerprint density at radius 1 is 0.404 bits per heavy atom. The minimum atomic E-state index is -3.95. The zero-order valence-corrected chi connectivity index (χ0v) is 31.9. The van der Waals surface area contributed by atoms with Crippen LogP contribution in [0.2, 0.25) is 0 Å². The van der Waals surface area contributed by atoms with Gasteiger partial charge in [0.05, 0.1) is 33.0 Å². The summed E-state index contributed by atoms with van der Waals surface area (Å²) in [5, 5.41) is 0. The van der Waals surface area contributed by atoms with Gasteiger partial charge in [0.1, 0.15) is 17.2 Å². The Balaban J connectivity index is 2.23. The number of hydrogen-bond donors (Lipinski definition) is 0. The number of hydrogen-bond acceptors (Lipinski definition) is 12. The number of aryl methyl sites for hydroxylation is 3. The molecule has 3 aromatic carbocycles. The first kappa shape index (κ1) is 37.6. The van der Waals surface area contributed by atoms with Gasteiger partial charge in [0.25, 0.3) is 0 Å². The molecule has 1 atom stereocenters. The van der Waals surface area contributed by atoms with Crippen LogP contribution < -0.4 is 13.6 Å². The van der Waals surface area contributed by atoms with Crippen molar-refractivity contribution in [2.75, 3.05) is 33.0 Å². The van der Waals surface area contributed by atoms with Crippen molar-refractivity contribution >= 4 is 30.6 Å². The van der Waals surface area contributed by atoms with E-state index in [1.165, 1.54) is 0 Å². The molecule has 1 aliphatic heterocycles. The molecule has 0 aromatic heterocycles. The van der Waals surface area contributed by atoms with Gasteiger partial charge in [0.15, 0.2) is 0 Å². The van der Waals surface area contributed by atoms with Gasteiger partial charge >= 0.3 is 30.6 Å². The fourth-order valence-corrected chi connectivity index (χ4v) is 16.9. The molecule has 0 N–H and O–H groups in total. The molecule has 47 heavy (non-hydrogen) atoms. The Kier molecular flexibility index (Phi) is 13.5. The first-order valence-corrected chi connectivity index (χ1v) is 21.7. The van der Waals surface area contributed by atoms with Gasteiger partial charge < -0.3 is 31.7 Å². The molecule has 1 heterocycles. The van der Waals surface area contributed by atoms with Gasteiger partial charge in [-0.05, 0) is 108 Å². The molecule has 3 aromatic rings. The van der Waals surface area contributed by atoms with Crippen molar-refractivity contribution in [3.63, 3.8) is 0 Å². The lowest BCUT2D eigenvalue weighted by atomic mass is 10.2. The molecule has 258 valence electrons. The molecule has 1 unspecified atom stereocenters. The normalized spacial score (nSPS) is 19.5. The molecule has 12 nitrogen and oxygen atoms in total. The minimum absolute atomic E-state index is 0.178. The number of nitrogens with zero attached hydrogens (tertiary/aromatic N) is 4. The Bertz CT molecular complexity index is 1680. The maximum atomic E-state index is 6.80. The van der Waals surface area contributed by atoms with Crippen molar-refractivity contribution in [3.05, 3.63) is 89.5 Å². The van der Waals surface area contributed by atoms with Gasteiger partial charge in [-0.1, -0.05) is 36.4 Å². The molecule has 0 fully saturated rings. The van der Waals surface area contributed by atoms with Crippen molar-refractivity contribution in [1.29, 1.82) is 0 Å².